The van der Waals surface area contributed by atoms with Crippen molar-refractivity contribution in [2.24, 2.45) is 7.05 Å². The molecule has 0 bridgehead atoms. The molecule has 1 aliphatic carbocycles. The summed E-state index contributed by atoms with van der Waals surface area (Å²) in [4.78, 5) is 50.6. The molecule has 53 heavy (non-hydrogen) atoms. The van der Waals surface area contributed by atoms with Gasteiger partial charge in [0, 0.05) is 35.3 Å². The number of unbranched alkanes of at least 4 members (excludes halogenated alkanes) is 5. The van der Waals surface area contributed by atoms with E-state index in [0.29, 0.717) is 61.2 Å². The first-order valence-corrected chi connectivity index (χ1v) is 18.4. The van der Waals surface area contributed by atoms with Crippen LogP contribution in [-0.2, 0) is 13.5 Å². The molecular formula is C45H40N4O4. The number of nitrogens with zero attached hydrogens (tertiary/aromatic N) is 2. The fraction of sp³-hybridized carbons (Fsp3) is 0.200. The normalized spacial score (nSPS) is 11.9. The summed E-state index contributed by atoms with van der Waals surface area (Å²) in [5.41, 5.74) is 4.81. The third-order valence-corrected chi connectivity index (χ3v) is 10.2. The zero-order valence-corrected chi connectivity index (χ0v) is 29.9. The number of ketones is 1. The monoisotopic (exact) mass is 700 g/mol. The minimum atomic E-state index is -0.455. The molecule has 0 spiro atoms. The molecule has 1 aliphatic rings. The molecule has 8 nitrogen and oxygen atoms in total. The van der Waals surface area contributed by atoms with Crippen molar-refractivity contribution in [1.29, 1.82) is 0 Å². The lowest BCUT2D eigenvalue weighted by molar-refractivity contribution is 0.104. The standard InChI is InChI=1S/C45H40N4O4/c1-3-4-5-6-7-9-16-28-23-25-30(26-24-28)53-36-27-35(46-29-17-10-8-11-18-29)38-39-37(31-19-12-13-20-32(31)42(38)50)40(44(51)48-41(36)39)43-47-34-22-15-14-21-33(34)45(52)49(43)2/h8,10-15,17-27,46H,3-7,9,16H2,1-2H3,(H,48,51). The van der Waals surface area contributed by atoms with E-state index in [0.717, 1.165) is 18.5 Å². The number of aromatic nitrogens is 3. The number of ether oxygens (including phenoxy) is 1. The number of rotatable bonds is 12. The van der Waals surface area contributed by atoms with Crippen molar-refractivity contribution >= 4 is 39.0 Å². The molecule has 0 amide bonds. The maximum atomic E-state index is 14.6. The molecule has 2 N–H and O–H groups in total. The van der Waals surface area contributed by atoms with Gasteiger partial charge in [0.15, 0.2) is 11.5 Å². The first kappa shape index (κ1) is 33.8. The highest BCUT2D eigenvalue weighted by molar-refractivity contribution is 6.30. The van der Waals surface area contributed by atoms with Gasteiger partial charge in [-0.05, 0) is 60.4 Å². The molecule has 5 aromatic carbocycles. The van der Waals surface area contributed by atoms with Crippen LogP contribution < -0.4 is 21.2 Å². The third-order valence-electron chi connectivity index (χ3n) is 10.2. The lowest BCUT2D eigenvalue weighted by Crippen LogP contribution is -2.25. The second-order valence-electron chi connectivity index (χ2n) is 13.7. The second-order valence-corrected chi connectivity index (χ2v) is 13.7. The van der Waals surface area contributed by atoms with Crippen LogP contribution in [0.3, 0.4) is 0 Å². The van der Waals surface area contributed by atoms with Crippen molar-refractivity contribution in [2.45, 2.75) is 51.9 Å². The fourth-order valence-corrected chi connectivity index (χ4v) is 7.46. The summed E-state index contributed by atoms with van der Waals surface area (Å²) >= 11 is 0. The summed E-state index contributed by atoms with van der Waals surface area (Å²) < 4.78 is 8.01. The maximum absolute atomic E-state index is 14.6. The largest absolute Gasteiger partial charge is 0.455 e. The number of H-pyrrole nitrogens is 1. The van der Waals surface area contributed by atoms with Crippen LogP contribution >= 0.6 is 0 Å². The highest BCUT2D eigenvalue weighted by atomic mass is 16.5. The predicted molar refractivity (Wildman–Crippen MR) is 213 cm³/mol. The van der Waals surface area contributed by atoms with Gasteiger partial charge in [0.2, 0.25) is 0 Å². The highest BCUT2D eigenvalue weighted by Gasteiger charge is 2.34. The fourth-order valence-electron chi connectivity index (χ4n) is 7.46. The van der Waals surface area contributed by atoms with E-state index >= 15 is 0 Å². The number of hydrogen-bond acceptors (Lipinski definition) is 6. The second kappa shape index (κ2) is 14.4. The number of nitrogens with one attached hydrogen (secondary N) is 2. The number of carbonyl (C=O) groups is 1. The molecule has 264 valence electrons. The minimum absolute atomic E-state index is 0.194. The lowest BCUT2D eigenvalue weighted by Gasteiger charge is -2.26. The first-order valence-electron chi connectivity index (χ1n) is 18.4. The van der Waals surface area contributed by atoms with Gasteiger partial charge in [-0.1, -0.05) is 106 Å². The van der Waals surface area contributed by atoms with E-state index in [-0.39, 0.29) is 22.7 Å². The molecule has 0 saturated heterocycles. The molecule has 0 radical (unpaired) electrons. The molecule has 8 heteroatoms. The van der Waals surface area contributed by atoms with Crippen molar-refractivity contribution < 1.29 is 9.53 Å². The Labute approximate surface area is 307 Å². The van der Waals surface area contributed by atoms with Crippen molar-refractivity contribution in [3.05, 3.63) is 147 Å². The quantitative estimate of drug-likeness (QED) is 0.123. The SMILES string of the molecule is CCCCCCCCc1ccc(Oc2cc(Nc3ccccc3)c3c4c(c(-c5nc6ccccc6c(=O)n5C)c(=O)[nH]c24)-c2ccccc2C3=O)cc1. The van der Waals surface area contributed by atoms with Crippen molar-refractivity contribution in [2.75, 3.05) is 5.32 Å². The van der Waals surface area contributed by atoms with Crippen molar-refractivity contribution in [1.82, 2.24) is 14.5 Å². The topological polar surface area (TPSA) is 106 Å². The summed E-state index contributed by atoms with van der Waals surface area (Å²) in [5, 5.41) is 4.43. The van der Waals surface area contributed by atoms with Gasteiger partial charge in [0.1, 0.15) is 11.6 Å². The average Bonchev–Trinajstić information content (AvgIpc) is 3.18. The number of benzene rings is 5. The molecule has 0 saturated carbocycles. The summed E-state index contributed by atoms with van der Waals surface area (Å²) in [5.74, 6) is 0.987. The Kier molecular flexibility index (Phi) is 9.19. The predicted octanol–water partition coefficient (Wildman–Crippen LogP) is 10.1. The lowest BCUT2D eigenvalue weighted by atomic mass is 9.81. The van der Waals surface area contributed by atoms with Gasteiger partial charge in [-0.3, -0.25) is 19.0 Å². The number of fused-ring (bicyclic) bond motifs is 3. The van der Waals surface area contributed by atoms with Crippen LogP contribution in [0.2, 0.25) is 0 Å². The van der Waals surface area contributed by atoms with Gasteiger partial charge in [0.05, 0.1) is 33.2 Å². The van der Waals surface area contributed by atoms with Crippen LogP contribution in [0.15, 0.2) is 119 Å². The van der Waals surface area contributed by atoms with E-state index in [4.69, 9.17) is 9.72 Å². The number of aromatic amines is 1. The zero-order chi connectivity index (χ0) is 36.5. The van der Waals surface area contributed by atoms with E-state index in [1.807, 2.05) is 66.7 Å². The molecule has 0 atom stereocenters. The first-order chi connectivity index (χ1) is 25.9. The van der Waals surface area contributed by atoms with Gasteiger partial charge >= 0.3 is 0 Å². The van der Waals surface area contributed by atoms with Crippen LogP contribution in [0, 0.1) is 0 Å². The van der Waals surface area contributed by atoms with E-state index in [1.165, 1.54) is 42.2 Å². The van der Waals surface area contributed by atoms with Crippen LogP contribution in [0.4, 0.5) is 11.4 Å². The summed E-state index contributed by atoms with van der Waals surface area (Å²) in [7, 11) is 1.62. The van der Waals surface area contributed by atoms with Crippen LogP contribution in [0.25, 0.3) is 44.3 Å². The van der Waals surface area contributed by atoms with Gasteiger partial charge in [-0.15, -0.1) is 0 Å². The Morgan fingerprint density at radius 3 is 2.23 bits per heavy atom. The zero-order valence-electron chi connectivity index (χ0n) is 29.9. The Morgan fingerprint density at radius 2 is 1.43 bits per heavy atom. The number of para-hydroxylation sites is 2. The molecule has 0 fully saturated rings. The molecule has 0 aliphatic heterocycles. The maximum Gasteiger partial charge on any atom is 0.261 e. The Morgan fingerprint density at radius 1 is 0.736 bits per heavy atom. The van der Waals surface area contributed by atoms with E-state index in [1.54, 1.807) is 37.4 Å². The summed E-state index contributed by atoms with van der Waals surface area (Å²) in [6.07, 6.45) is 8.45. The highest BCUT2D eigenvalue weighted by Crippen LogP contribution is 2.48. The van der Waals surface area contributed by atoms with Gasteiger partial charge in [-0.25, -0.2) is 4.98 Å². The summed E-state index contributed by atoms with van der Waals surface area (Å²) in [6, 6.07) is 33.8. The number of hydrogen-bond donors (Lipinski definition) is 2. The van der Waals surface area contributed by atoms with E-state index in [2.05, 4.69) is 29.4 Å². The molecule has 8 rings (SSSR count). The minimum Gasteiger partial charge on any atom is -0.455 e. The van der Waals surface area contributed by atoms with Crippen molar-refractivity contribution in [3.63, 3.8) is 0 Å². The van der Waals surface area contributed by atoms with E-state index < -0.39 is 5.56 Å². The summed E-state index contributed by atoms with van der Waals surface area (Å²) in [6.45, 7) is 2.23. The molecule has 2 aromatic heterocycles. The van der Waals surface area contributed by atoms with Gasteiger partial charge < -0.3 is 15.0 Å². The van der Waals surface area contributed by atoms with Gasteiger partial charge in [-0.2, -0.15) is 0 Å². The van der Waals surface area contributed by atoms with Crippen LogP contribution in [0.1, 0.15) is 66.9 Å². The van der Waals surface area contributed by atoms with E-state index in [9.17, 15) is 14.4 Å². The molecule has 7 aromatic rings. The van der Waals surface area contributed by atoms with Gasteiger partial charge in [0.25, 0.3) is 11.1 Å². The number of anilines is 2. The van der Waals surface area contributed by atoms with Crippen LogP contribution in [-0.4, -0.2) is 20.3 Å². The number of pyridine rings is 1. The molecule has 0 unspecified atom stereocenters. The third kappa shape index (κ3) is 6.31. The number of aryl methyl sites for hydroxylation is 1. The molecular weight excluding hydrogens is 661 g/mol. The van der Waals surface area contributed by atoms with Crippen molar-refractivity contribution in [3.8, 4) is 34.0 Å². The van der Waals surface area contributed by atoms with Crippen LogP contribution in [0.5, 0.6) is 11.5 Å². The average molecular weight is 701 g/mol. The smallest absolute Gasteiger partial charge is 0.261 e. The molecule has 2 heterocycles. The Balaban J connectivity index is 1.33. The Bertz CT molecular complexity index is 2620. The number of carbonyl (C=O) groups excluding carboxylic acids is 1. The Hall–Kier alpha value is -6.28.